The molecule has 0 aliphatic carbocycles. The molecule has 20 heavy (non-hydrogen) atoms. The van der Waals surface area contributed by atoms with Crippen LogP contribution in [0.2, 0.25) is 0 Å². The van der Waals surface area contributed by atoms with Gasteiger partial charge in [-0.1, -0.05) is 32.9 Å². The molecule has 0 saturated heterocycles. The Labute approximate surface area is 129 Å². The number of nitrogens with two attached hydrogens (primary N) is 1. The molecule has 0 radical (unpaired) electrons. The highest BCUT2D eigenvalue weighted by molar-refractivity contribution is 9.10. The van der Waals surface area contributed by atoms with Crippen molar-refractivity contribution in [2.45, 2.75) is 32.6 Å². The Hall–Kier alpha value is -1.48. The van der Waals surface area contributed by atoms with E-state index in [9.17, 15) is 0 Å². The predicted molar refractivity (Wildman–Crippen MR) is 88.4 cm³/mol. The molecule has 0 aliphatic rings. The van der Waals surface area contributed by atoms with Crippen LogP contribution in [0.3, 0.4) is 0 Å². The maximum Gasteiger partial charge on any atom is 0.128 e. The molecule has 0 aliphatic heterocycles. The molecule has 0 spiro atoms. The second kappa shape index (κ2) is 5.88. The maximum absolute atomic E-state index is 5.83. The Morgan fingerprint density at radius 1 is 1.05 bits per heavy atom. The van der Waals surface area contributed by atoms with Crippen molar-refractivity contribution in [1.29, 1.82) is 0 Å². The van der Waals surface area contributed by atoms with Gasteiger partial charge in [0.25, 0.3) is 0 Å². The molecule has 0 fully saturated rings. The highest BCUT2D eigenvalue weighted by Gasteiger charge is 2.17. The SMILES string of the molecule is CCC(C)(C)c1ccc(Oc2ccc(N)c(Br)c2)cc1. The lowest BCUT2D eigenvalue weighted by Crippen LogP contribution is -2.14. The van der Waals surface area contributed by atoms with Crippen LogP contribution in [-0.4, -0.2) is 0 Å². The lowest BCUT2D eigenvalue weighted by Gasteiger charge is -2.23. The van der Waals surface area contributed by atoms with E-state index in [0.717, 1.165) is 22.4 Å². The second-order valence-electron chi connectivity index (χ2n) is 5.55. The normalized spacial score (nSPS) is 11.4. The fraction of sp³-hybridized carbons (Fsp3) is 0.294. The van der Waals surface area contributed by atoms with Gasteiger partial charge < -0.3 is 10.5 Å². The first-order chi connectivity index (χ1) is 9.42. The lowest BCUT2D eigenvalue weighted by atomic mass is 9.82. The number of rotatable bonds is 4. The predicted octanol–water partition coefficient (Wildman–Crippen LogP) is 5.51. The fourth-order valence-electron chi connectivity index (χ4n) is 1.89. The van der Waals surface area contributed by atoms with Gasteiger partial charge in [0.2, 0.25) is 0 Å². The smallest absolute Gasteiger partial charge is 0.128 e. The Balaban J connectivity index is 2.16. The number of anilines is 1. The number of nitrogen functional groups attached to an aromatic ring is 1. The molecule has 0 aromatic heterocycles. The molecular formula is C17H20BrNO. The summed E-state index contributed by atoms with van der Waals surface area (Å²) in [5.74, 6) is 1.60. The summed E-state index contributed by atoms with van der Waals surface area (Å²) in [5.41, 5.74) is 7.99. The molecule has 2 aromatic carbocycles. The zero-order valence-electron chi connectivity index (χ0n) is 12.1. The summed E-state index contributed by atoms with van der Waals surface area (Å²) >= 11 is 3.40. The van der Waals surface area contributed by atoms with Crippen molar-refractivity contribution in [3.8, 4) is 11.5 Å². The van der Waals surface area contributed by atoms with Crippen LogP contribution >= 0.6 is 15.9 Å². The summed E-state index contributed by atoms with van der Waals surface area (Å²) in [4.78, 5) is 0. The van der Waals surface area contributed by atoms with Gasteiger partial charge >= 0.3 is 0 Å². The molecule has 3 heteroatoms. The van der Waals surface area contributed by atoms with E-state index in [2.05, 4.69) is 48.8 Å². The number of hydrogen-bond donors (Lipinski definition) is 1. The van der Waals surface area contributed by atoms with Gasteiger partial charge in [0.1, 0.15) is 11.5 Å². The average molecular weight is 334 g/mol. The molecule has 0 saturated carbocycles. The molecule has 0 atom stereocenters. The summed E-state index contributed by atoms with van der Waals surface area (Å²) in [5, 5.41) is 0. The van der Waals surface area contributed by atoms with Gasteiger partial charge in [-0.15, -0.1) is 0 Å². The average Bonchev–Trinajstić information content (AvgIpc) is 2.43. The van der Waals surface area contributed by atoms with Gasteiger partial charge in [0.05, 0.1) is 0 Å². The molecule has 106 valence electrons. The van der Waals surface area contributed by atoms with Crippen molar-refractivity contribution >= 4 is 21.6 Å². The first-order valence-electron chi connectivity index (χ1n) is 6.76. The largest absolute Gasteiger partial charge is 0.457 e. The second-order valence-corrected chi connectivity index (χ2v) is 6.40. The van der Waals surface area contributed by atoms with Crippen molar-refractivity contribution in [2.24, 2.45) is 0 Å². The number of halogens is 1. The van der Waals surface area contributed by atoms with Crippen LogP contribution in [0, 0.1) is 0 Å². The van der Waals surface area contributed by atoms with Crippen LogP contribution in [0.4, 0.5) is 5.69 Å². The van der Waals surface area contributed by atoms with Gasteiger partial charge in [0.15, 0.2) is 0 Å². The Bertz CT molecular complexity index is 590. The third kappa shape index (κ3) is 3.34. The molecule has 0 amide bonds. The Kier molecular flexibility index (Phi) is 4.39. The van der Waals surface area contributed by atoms with E-state index in [1.165, 1.54) is 5.56 Å². The van der Waals surface area contributed by atoms with E-state index < -0.39 is 0 Å². The van der Waals surface area contributed by atoms with E-state index in [0.29, 0.717) is 5.69 Å². The van der Waals surface area contributed by atoms with Crippen LogP contribution < -0.4 is 10.5 Å². The fourth-order valence-corrected chi connectivity index (χ4v) is 2.24. The number of hydrogen-bond acceptors (Lipinski definition) is 2. The minimum absolute atomic E-state index is 0.197. The Morgan fingerprint density at radius 2 is 1.65 bits per heavy atom. The van der Waals surface area contributed by atoms with Gasteiger partial charge in [-0.3, -0.25) is 0 Å². The lowest BCUT2D eigenvalue weighted by molar-refractivity contribution is 0.478. The van der Waals surface area contributed by atoms with Crippen LogP contribution in [0.15, 0.2) is 46.9 Å². The van der Waals surface area contributed by atoms with Crippen LogP contribution in [0.1, 0.15) is 32.8 Å². The maximum atomic E-state index is 5.83. The summed E-state index contributed by atoms with van der Waals surface area (Å²) in [6, 6.07) is 13.8. The summed E-state index contributed by atoms with van der Waals surface area (Å²) < 4.78 is 6.68. The molecule has 0 unspecified atom stereocenters. The van der Waals surface area contributed by atoms with Crippen molar-refractivity contribution in [3.05, 3.63) is 52.5 Å². The standard InChI is InChI=1S/C17H20BrNO/c1-4-17(2,3)12-5-7-13(8-6-12)20-14-9-10-16(19)15(18)11-14/h5-11H,4,19H2,1-3H3. The summed E-state index contributed by atoms with van der Waals surface area (Å²) in [7, 11) is 0. The molecule has 0 heterocycles. The first-order valence-corrected chi connectivity index (χ1v) is 7.55. The van der Waals surface area contributed by atoms with Crippen LogP contribution in [0.25, 0.3) is 0 Å². The molecule has 2 nitrogen and oxygen atoms in total. The van der Waals surface area contributed by atoms with Crippen LogP contribution in [-0.2, 0) is 5.41 Å². The number of ether oxygens (including phenoxy) is 1. The van der Waals surface area contributed by atoms with Gasteiger partial charge in [-0.2, -0.15) is 0 Å². The third-order valence-corrected chi connectivity index (χ3v) is 4.41. The van der Waals surface area contributed by atoms with Crippen molar-refractivity contribution in [3.63, 3.8) is 0 Å². The van der Waals surface area contributed by atoms with E-state index >= 15 is 0 Å². The van der Waals surface area contributed by atoms with Crippen molar-refractivity contribution in [1.82, 2.24) is 0 Å². The topological polar surface area (TPSA) is 35.2 Å². The molecular weight excluding hydrogens is 314 g/mol. The quantitative estimate of drug-likeness (QED) is 0.748. The van der Waals surface area contributed by atoms with E-state index in [1.807, 2.05) is 30.3 Å². The van der Waals surface area contributed by atoms with E-state index in [-0.39, 0.29) is 5.41 Å². The zero-order valence-corrected chi connectivity index (χ0v) is 13.7. The van der Waals surface area contributed by atoms with Crippen molar-refractivity contribution in [2.75, 3.05) is 5.73 Å². The van der Waals surface area contributed by atoms with E-state index in [1.54, 1.807) is 0 Å². The zero-order chi connectivity index (χ0) is 14.8. The van der Waals surface area contributed by atoms with Crippen molar-refractivity contribution < 1.29 is 4.74 Å². The Morgan fingerprint density at radius 3 is 2.20 bits per heavy atom. The molecule has 2 rings (SSSR count). The highest BCUT2D eigenvalue weighted by atomic mass is 79.9. The van der Waals surface area contributed by atoms with Gasteiger partial charge in [0, 0.05) is 10.2 Å². The van der Waals surface area contributed by atoms with Crippen LogP contribution in [0.5, 0.6) is 11.5 Å². The molecule has 2 aromatic rings. The van der Waals surface area contributed by atoms with E-state index in [4.69, 9.17) is 10.5 Å². The molecule has 0 bridgehead atoms. The first kappa shape index (κ1) is 14.9. The third-order valence-electron chi connectivity index (χ3n) is 3.73. The summed E-state index contributed by atoms with van der Waals surface area (Å²) in [6.45, 7) is 6.70. The van der Waals surface area contributed by atoms with Gasteiger partial charge in [-0.05, 0) is 63.7 Å². The number of benzene rings is 2. The molecule has 2 N–H and O–H groups in total. The summed E-state index contributed by atoms with van der Waals surface area (Å²) in [6.07, 6.45) is 1.11. The van der Waals surface area contributed by atoms with Gasteiger partial charge in [-0.25, -0.2) is 0 Å². The monoisotopic (exact) mass is 333 g/mol. The highest BCUT2D eigenvalue weighted by Crippen LogP contribution is 2.31. The minimum atomic E-state index is 0.197. The minimum Gasteiger partial charge on any atom is -0.457 e.